The van der Waals surface area contributed by atoms with Gasteiger partial charge in [0.1, 0.15) is 22.7 Å². The number of hydrogen-bond acceptors (Lipinski definition) is 6. The highest BCUT2D eigenvalue weighted by molar-refractivity contribution is 6.05. The van der Waals surface area contributed by atoms with Crippen LogP contribution in [0.5, 0.6) is 5.75 Å². The Labute approximate surface area is 181 Å². The van der Waals surface area contributed by atoms with Crippen LogP contribution in [-0.2, 0) is 6.42 Å². The zero-order chi connectivity index (χ0) is 19.8. The minimum atomic E-state index is 0. The maximum Gasteiger partial charge on any atom is 0.196 e. The first-order valence-electron chi connectivity index (χ1n) is 10.1. The molecule has 7 heteroatoms. The molecular formula is C23H25ClN4O2. The number of ether oxygens (including phenoxy) is 1. The van der Waals surface area contributed by atoms with Crippen LogP contribution in [0, 0.1) is 0 Å². The fourth-order valence-electron chi connectivity index (χ4n) is 4.04. The van der Waals surface area contributed by atoms with Gasteiger partial charge in [0.2, 0.25) is 0 Å². The number of methoxy groups -OCH3 is 1. The maximum atomic E-state index is 6.18. The molecule has 1 saturated heterocycles. The molecule has 0 unspecified atom stereocenters. The molecule has 156 valence electrons. The second-order valence-electron chi connectivity index (χ2n) is 7.24. The number of rotatable bonds is 4. The van der Waals surface area contributed by atoms with Crippen molar-refractivity contribution in [3.05, 3.63) is 54.4 Å². The summed E-state index contributed by atoms with van der Waals surface area (Å²) < 4.78 is 11.7. The lowest BCUT2D eigenvalue weighted by molar-refractivity contribution is 0.413. The monoisotopic (exact) mass is 424 g/mol. The minimum Gasteiger partial charge on any atom is -0.495 e. The molecule has 6 nitrogen and oxygen atoms in total. The Morgan fingerprint density at radius 1 is 0.933 bits per heavy atom. The summed E-state index contributed by atoms with van der Waals surface area (Å²) in [5, 5.41) is 1.05. The standard InChI is InChI=1S/C23H24N4O2.ClH/c1-3-20-24-21-16-8-4-6-10-18(16)29-22(21)23(25-20)27-14-12-26(13-15-27)17-9-5-7-11-19(17)28-2;/h4-11H,3,12-15H2,1-2H3;1H. The van der Waals surface area contributed by atoms with Crippen LogP contribution in [0.2, 0.25) is 0 Å². The van der Waals surface area contributed by atoms with Gasteiger partial charge in [-0.15, -0.1) is 12.4 Å². The number of anilines is 2. The molecule has 0 radical (unpaired) electrons. The molecule has 3 heterocycles. The van der Waals surface area contributed by atoms with Gasteiger partial charge in [0.05, 0.1) is 12.8 Å². The number of aryl methyl sites for hydroxylation is 1. The molecule has 0 spiro atoms. The van der Waals surface area contributed by atoms with E-state index in [0.717, 1.165) is 77.7 Å². The number of aromatic nitrogens is 2. The molecule has 0 saturated carbocycles. The SMILES string of the molecule is CCc1nc(N2CCN(c3ccccc3OC)CC2)c2oc3ccccc3c2n1.Cl. The highest BCUT2D eigenvalue weighted by Crippen LogP contribution is 2.34. The van der Waals surface area contributed by atoms with Crippen molar-refractivity contribution in [2.45, 2.75) is 13.3 Å². The van der Waals surface area contributed by atoms with Crippen LogP contribution < -0.4 is 14.5 Å². The summed E-state index contributed by atoms with van der Waals surface area (Å²) in [7, 11) is 1.72. The molecule has 30 heavy (non-hydrogen) atoms. The van der Waals surface area contributed by atoms with E-state index in [9.17, 15) is 0 Å². The summed E-state index contributed by atoms with van der Waals surface area (Å²) in [6.45, 7) is 5.61. The lowest BCUT2D eigenvalue weighted by Crippen LogP contribution is -2.47. The summed E-state index contributed by atoms with van der Waals surface area (Å²) in [4.78, 5) is 14.3. The predicted molar refractivity (Wildman–Crippen MR) is 123 cm³/mol. The molecular weight excluding hydrogens is 400 g/mol. The number of nitrogens with zero attached hydrogens (tertiary/aromatic N) is 4. The number of fused-ring (bicyclic) bond motifs is 3. The number of benzene rings is 2. The molecule has 0 bridgehead atoms. The third kappa shape index (κ3) is 3.41. The van der Waals surface area contributed by atoms with Gasteiger partial charge >= 0.3 is 0 Å². The van der Waals surface area contributed by atoms with E-state index in [1.807, 2.05) is 30.3 Å². The summed E-state index contributed by atoms with van der Waals surface area (Å²) in [6.07, 6.45) is 0.795. The normalized spacial score (nSPS) is 14.2. The van der Waals surface area contributed by atoms with Crippen molar-refractivity contribution in [2.24, 2.45) is 0 Å². The third-order valence-electron chi connectivity index (χ3n) is 5.57. The Morgan fingerprint density at radius 3 is 2.40 bits per heavy atom. The zero-order valence-electron chi connectivity index (χ0n) is 17.2. The van der Waals surface area contributed by atoms with Gasteiger partial charge in [-0.25, -0.2) is 9.97 Å². The van der Waals surface area contributed by atoms with Crippen molar-refractivity contribution in [2.75, 3.05) is 43.1 Å². The second-order valence-corrected chi connectivity index (χ2v) is 7.24. The van der Waals surface area contributed by atoms with E-state index in [1.54, 1.807) is 7.11 Å². The molecule has 0 atom stereocenters. The summed E-state index contributed by atoms with van der Waals surface area (Å²) in [5.41, 5.74) is 3.70. The maximum absolute atomic E-state index is 6.18. The van der Waals surface area contributed by atoms with Crippen LogP contribution in [0.15, 0.2) is 52.9 Å². The van der Waals surface area contributed by atoms with E-state index in [-0.39, 0.29) is 12.4 Å². The summed E-state index contributed by atoms with van der Waals surface area (Å²) in [5.74, 6) is 2.67. The van der Waals surface area contributed by atoms with Crippen LogP contribution in [0.4, 0.5) is 11.5 Å². The number of halogens is 1. The number of furan rings is 1. The van der Waals surface area contributed by atoms with Gasteiger partial charge in [-0.1, -0.05) is 31.2 Å². The van der Waals surface area contributed by atoms with E-state index in [4.69, 9.17) is 19.1 Å². The first kappa shape index (κ1) is 20.3. The molecule has 5 rings (SSSR count). The molecule has 1 fully saturated rings. The van der Waals surface area contributed by atoms with Crippen LogP contribution in [0.3, 0.4) is 0 Å². The largest absolute Gasteiger partial charge is 0.495 e. The molecule has 0 N–H and O–H groups in total. The molecule has 1 aliphatic heterocycles. The van der Waals surface area contributed by atoms with E-state index < -0.39 is 0 Å². The molecule has 0 aliphatic carbocycles. The summed E-state index contributed by atoms with van der Waals surface area (Å²) >= 11 is 0. The van der Waals surface area contributed by atoms with Crippen molar-refractivity contribution >= 4 is 46.0 Å². The van der Waals surface area contributed by atoms with Crippen LogP contribution >= 0.6 is 12.4 Å². The van der Waals surface area contributed by atoms with Crippen LogP contribution in [0.1, 0.15) is 12.7 Å². The van der Waals surface area contributed by atoms with Gasteiger partial charge < -0.3 is 19.0 Å². The van der Waals surface area contributed by atoms with Crippen molar-refractivity contribution in [1.29, 1.82) is 0 Å². The Balaban J connectivity index is 0.00000218. The van der Waals surface area contributed by atoms with E-state index in [2.05, 4.69) is 34.9 Å². The van der Waals surface area contributed by atoms with Gasteiger partial charge in [-0.05, 0) is 24.3 Å². The van der Waals surface area contributed by atoms with Crippen molar-refractivity contribution < 1.29 is 9.15 Å². The molecule has 4 aromatic rings. The van der Waals surface area contributed by atoms with Crippen molar-refractivity contribution in [1.82, 2.24) is 9.97 Å². The molecule has 2 aromatic carbocycles. The average molecular weight is 425 g/mol. The van der Waals surface area contributed by atoms with E-state index in [0.29, 0.717) is 0 Å². The highest BCUT2D eigenvalue weighted by Gasteiger charge is 2.24. The number of para-hydroxylation sites is 3. The van der Waals surface area contributed by atoms with Crippen molar-refractivity contribution in [3.63, 3.8) is 0 Å². The van der Waals surface area contributed by atoms with E-state index >= 15 is 0 Å². The molecule has 0 amide bonds. The summed E-state index contributed by atoms with van der Waals surface area (Å²) in [6, 6.07) is 16.3. The lowest BCUT2D eigenvalue weighted by atomic mass is 10.2. The van der Waals surface area contributed by atoms with Gasteiger partial charge in [0.25, 0.3) is 0 Å². The smallest absolute Gasteiger partial charge is 0.196 e. The Kier molecular flexibility index (Phi) is 5.68. The Hall–Kier alpha value is -2.99. The van der Waals surface area contributed by atoms with Gasteiger partial charge in [0, 0.05) is 38.0 Å². The zero-order valence-corrected chi connectivity index (χ0v) is 18.0. The predicted octanol–water partition coefficient (Wildman–Crippen LogP) is 4.70. The Morgan fingerprint density at radius 2 is 1.63 bits per heavy atom. The first-order valence-corrected chi connectivity index (χ1v) is 10.1. The fraction of sp³-hybridized carbons (Fsp3) is 0.304. The van der Waals surface area contributed by atoms with Crippen molar-refractivity contribution in [3.8, 4) is 5.75 Å². The average Bonchev–Trinajstić information content (AvgIpc) is 3.17. The highest BCUT2D eigenvalue weighted by atomic mass is 35.5. The topological polar surface area (TPSA) is 54.6 Å². The molecule has 1 aliphatic rings. The second kappa shape index (κ2) is 8.40. The van der Waals surface area contributed by atoms with Gasteiger partial charge in [-0.2, -0.15) is 0 Å². The Bertz CT molecular complexity index is 1170. The van der Waals surface area contributed by atoms with Gasteiger partial charge in [-0.3, -0.25) is 0 Å². The van der Waals surface area contributed by atoms with E-state index in [1.165, 1.54) is 0 Å². The minimum absolute atomic E-state index is 0. The fourth-order valence-corrected chi connectivity index (χ4v) is 4.04. The number of piperazine rings is 1. The van der Waals surface area contributed by atoms with Crippen LogP contribution in [-0.4, -0.2) is 43.3 Å². The van der Waals surface area contributed by atoms with Gasteiger partial charge in [0.15, 0.2) is 11.4 Å². The number of hydrogen-bond donors (Lipinski definition) is 0. The third-order valence-corrected chi connectivity index (χ3v) is 5.57. The molecule has 2 aromatic heterocycles. The first-order chi connectivity index (χ1) is 14.3. The van der Waals surface area contributed by atoms with Crippen LogP contribution in [0.25, 0.3) is 22.1 Å². The quantitative estimate of drug-likeness (QED) is 0.473. The lowest BCUT2D eigenvalue weighted by Gasteiger charge is -2.37.